The fourth-order valence-electron chi connectivity index (χ4n) is 1.07. The van der Waals surface area contributed by atoms with Crippen LogP contribution in [0.4, 0.5) is 0 Å². The van der Waals surface area contributed by atoms with E-state index in [4.69, 9.17) is 26.2 Å². The van der Waals surface area contributed by atoms with Crippen molar-refractivity contribution < 1.29 is 14.6 Å². The van der Waals surface area contributed by atoms with Crippen molar-refractivity contribution in [2.45, 2.75) is 0 Å². The van der Waals surface area contributed by atoms with Gasteiger partial charge in [0.15, 0.2) is 0 Å². The number of ether oxygens (including phenoxy) is 2. The third-order valence-electron chi connectivity index (χ3n) is 1.80. The van der Waals surface area contributed by atoms with E-state index in [0.717, 1.165) is 0 Å². The molecule has 17 heavy (non-hydrogen) atoms. The second-order valence-electron chi connectivity index (χ2n) is 2.97. The van der Waals surface area contributed by atoms with E-state index in [1.54, 1.807) is 12.1 Å². The van der Waals surface area contributed by atoms with Crippen LogP contribution in [0.1, 0.15) is 0 Å². The molecule has 0 saturated carbocycles. The van der Waals surface area contributed by atoms with Crippen LogP contribution in [0.15, 0.2) is 24.3 Å². The van der Waals surface area contributed by atoms with Crippen molar-refractivity contribution >= 4 is 11.6 Å². The summed E-state index contributed by atoms with van der Waals surface area (Å²) < 4.78 is 10.1. The van der Waals surface area contributed by atoms with Gasteiger partial charge in [-0.3, -0.25) is 0 Å². The van der Waals surface area contributed by atoms with Crippen LogP contribution in [0, 0.1) is 0 Å². The monoisotopic (exact) mass is 253 g/mol. The summed E-state index contributed by atoms with van der Waals surface area (Å²) in [5, 5.41) is 9.09. The normalized spacial score (nSPS) is 10.0. The van der Waals surface area contributed by atoms with Crippen LogP contribution < -0.4 is 9.47 Å². The summed E-state index contributed by atoms with van der Waals surface area (Å²) in [5.41, 5.74) is 0. The van der Waals surface area contributed by atoms with Crippen LogP contribution in [-0.2, 0) is 0 Å². The van der Waals surface area contributed by atoms with Crippen molar-refractivity contribution in [2.75, 3.05) is 7.11 Å². The highest BCUT2D eigenvalue weighted by atomic mass is 35.5. The lowest BCUT2D eigenvalue weighted by Gasteiger charge is -2.04. The molecule has 1 N–H and O–H groups in total. The number of phenolic OH excluding ortho intramolecular Hbond substituents is 1. The summed E-state index contributed by atoms with van der Waals surface area (Å²) in [5.74, 6) is 0.607. The number of nitrogens with zero attached hydrogens (tertiary/aromatic N) is 3. The molecule has 1 aromatic heterocycles. The molecular weight excluding hydrogens is 246 g/mol. The van der Waals surface area contributed by atoms with Gasteiger partial charge in [0.25, 0.3) is 0 Å². The highest BCUT2D eigenvalue weighted by molar-refractivity contribution is 6.28. The number of hydrogen-bond acceptors (Lipinski definition) is 6. The van der Waals surface area contributed by atoms with Gasteiger partial charge in [-0.2, -0.15) is 9.97 Å². The Hall–Kier alpha value is -2.08. The van der Waals surface area contributed by atoms with Crippen molar-refractivity contribution in [1.29, 1.82) is 0 Å². The van der Waals surface area contributed by atoms with Crippen molar-refractivity contribution in [3.63, 3.8) is 0 Å². The minimum atomic E-state index is -0.0226. The van der Waals surface area contributed by atoms with Crippen LogP contribution in [0.5, 0.6) is 23.5 Å². The minimum Gasteiger partial charge on any atom is -0.508 e. The van der Waals surface area contributed by atoms with E-state index in [0.29, 0.717) is 5.75 Å². The van der Waals surface area contributed by atoms with Crippen molar-refractivity contribution in [3.05, 3.63) is 29.5 Å². The van der Waals surface area contributed by atoms with Crippen molar-refractivity contribution in [1.82, 2.24) is 15.0 Å². The van der Waals surface area contributed by atoms with Gasteiger partial charge in [0, 0.05) is 0 Å². The van der Waals surface area contributed by atoms with Gasteiger partial charge in [-0.05, 0) is 35.9 Å². The maximum absolute atomic E-state index is 9.11. The molecule has 0 radical (unpaired) electrons. The maximum atomic E-state index is 9.11. The lowest BCUT2D eigenvalue weighted by Crippen LogP contribution is -1.98. The number of aromatic nitrogens is 3. The highest BCUT2D eigenvalue weighted by Crippen LogP contribution is 2.22. The second-order valence-corrected chi connectivity index (χ2v) is 3.31. The van der Waals surface area contributed by atoms with Gasteiger partial charge in [-0.1, -0.05) is 0 Å². The summed E-state index contributed by atoms with van der Waals surface area (Å²) in [6.45, 7) is 0. The topological polar surface area (TPSA) is 77.4 Å². The van der Waals surface area contributed by atoms with Crippen LogP contribution in [0.2, 0.25) is 5.28 Å². The van der Waals surface area contributed by atoms with Gasteiger partial charge in [0.1, 0.15) is 11.5 Å². The predicted molar refractivity (Wildman–Crippen MR) is 59.6 cm³/mol. The molecule has 0 aliphatic rings. The Morgan fingerprint density at radius 3 is 2.35 bits per heavy atom. The first kappa shape index (κ1) is 11.4. The zero-order valence-electron chi connectivity index (χ0n) is 8.79. The molecule has 0 aliphatic carbocycles. The van der Waals surface area contributed by atoms with E-state index in [1.807, 2.05) is 0 Å². The third kappa shape index (κ3) is 2.94. The predicted octanol–water partition coefficient (Wildman–Crippen LogP) is 2.03. The molecule has 0 spiro atoms. The van der Waals surface area contributed by atoms with E-state index in [2.05, 4.69) is 15.0 Å². The number of aromatic hydroxyl groups is 1. The molecule has 6 nitrogen and oxygen atoms in total. The van der Waals surface area contributed by atoms with Crippen LogP contribution in [0.25, 0.3) is 0 Å². The highest BCUT2D eigenvalue weighted by Gasteiger charge is 2.07. The largest absolute Gasteiger partial charge is 0.508 e. The zero-order chi connectivity index (χ0) is 12.3. The molecule has 0 atom stereocenters. The fraction of sp³-hybridized carbons (Fsp3) is 0.100. The third-order valence-corrected chi connectivity index (χ3v) is 1.96. The van der Waals surface area contributed by atoms with E-state index >= 15 is 0 Å². The first-order chi connectivity index (χ1) is 8.17. The number of benzene rings is 1. The molecule has 0 aliphatic heterocycles. The van der Waals surface area contributed by atoms with Crippen LogP contribution in [0.3, 0.4) is 0 Å². The van der Waals surface area contributed by atoms with Gasteiger partial charge in [0.2, 0.25) is 5.28 Å². The minimum absolute atomic E-state index is 0.0209. The molecule has 88 valence electrons. The Labute approximate surface area is 102 Å². The Balaban J connectivity index is 2.23. The molecule has 7 heteroatoms. The first-order valence-corrected chi connectivity index (χ1v) is 4.97. The van der Waals surface area contributed by atoms with Crippen LogP contribution >= 0.6 is 11.6 Å². The molecule has 0 saturated heterocycles. The molecule has 2 rings (SSSR count). The zero-order valence-corrected chi connectivity index (χ0v) is 9.55. The number of hydrogen-bond donors (Lipinski definition) is 1. The Morgan fingerprint density at radius 2 is 1.71 bits per heavy atom. The summed E-state index contributed by atoms with van der Waals surface area (Å²) in [4.78, 5) is 11.3. The molecule has 0 fully saturated rings. The molecule has 1 aromatic carbocycles. The van der Waals surface area contributed by atoms with Gasteiger partial charge in [0.05, 0.1) is 7.11 Å². The van der Waals surface area contributed by atoms with Gasteiger partial charge in [-0.25, -0.2) is 0 Å². The van der Waals surface area contributed by atoms with Gasteiger partial charge < -0.3 is 14.6 Å². The van der Waals surface area contributed by atoms with E-state index in [1.165, 1.54) is 19.2 Å². The Morgan fingerprint density at radius 1 is 1.06 bits per heavy atom. The van der Waals surface area contributed by atoms with E-state index in [-0.39, 0.29) is 23.1 Å². The SMILES string of the molecule is COc1nc(Cl)nc(Oc2ccc(O)cc2)n1. The van der Waals surface area contributed by atoms with Gasteiger partial charge in [-0.15, -0.1) is 4.98 Å². The molecular formula is C10H8ClN3O3. The van der Waals surface area contributed by atoms with E-state index in [9.17, 15) is 0 Å². The number of phenols is 1. The van der Waals surface area contributed by atoms with Crippen molar-refractivity contribution in [3.8, 4) is 23.5 Å². The number of methoxy groups -OCH3 is 1. The number of rotatable bonds is 3. The summed E-state index contributed by atoms with van der Waals surface area (Å²) in [7, 11) is 1.41. The Kier molecular flexibility index (Phi) is 3.24. The number of halogens is 1. The average molecular weight is 254 g/mol. The summed E-state index contributed by atoms with van der Waals surface area (Å²) in [6, 6.07) is 6.19. The summed E-state index contributed by atoms with van der Waals surface area (Å²) >= 11 is 5.66. The summed E-state index contributed by atoms with van der Waals surface area (Å²) in [6.07, 6.45) is 0. The molecule has 0 amide bonds. The quantitative estimate of drug-likeness (QED) is 0.902. The smallest absolute Gasteiger partial charge is 0.329 e. The second kappa shape index (κ2) is 4.84. The lowest BCUT2D eigenvalue weighted by atomic mass is 10.3. The lowest BCUT2D eigenvalue weighted by molar-refractivity contribution is 0.359. The molecule has 2 aromatic rings. The fourth-order valence-corrected chi connectivity index (χ4v) is 1.22. The molecule has 0 unspecified atom stereocenters. The van der Waals surface area contributed by atoms with Crippen molar-refractivity contribution in [2.24, 2.45) is 0 Å². The molecule has 1 heterocycles. The average Bonchev–Trinajstić information content (AvgIpc) is 2.31. The molecule has 0 bridgehead atoms. The van der Waals surface area contributed by atoms with Crippen LogP contribution in [-0.4, -0.2) is 27.2 Å². The van der Waals surface area contributed by atoms with E-state index < -0.39 is 0 Å². The maximum Gasteiger partial charge on any atom is 0.329 e. The first-order valence-electron chi connectivity index (χ1n) is 4.60. The van der Waals surface area contributed by atoms with Gasteiger partial charge >= 0.3 is 12.0 Å². The Bertz CT molecular complexity index is 519. The standard InChI is InChI=1S/C10H8ClN3O3/c1-16-9-12-8(11)13-10(14-9)17-7-4-2-6(15)3-5-7/h2-5,15H,1H3.